The maximum atomic E-state index is 12.1. The second-order valence-corrected chi connectivity index (χ2v) is 5.91. The molecule has 16 heavy (non-hydrogen) atoms. The molecule has 1 aromatic heterocycles. The Morgan fingerprint density at radius 1 is 1.62 bits per heavy atom. The molecule has 0 bridgehead atoms. The zero-order chi connectivity index (χ0) is 11.4. The molecule has 0 spiro atoms. The molecule has 0 aliphatic carbocycles. The second kappa shape index (κ2) is 5.60. The SMILES string of the molecule is CC(Sc1ncns1)C(=O)N1CCNCC1. The Morgan fingerprint density at radius 2 is 2.38 bits per heavy atom. The Bertz CT molecular complexity index is 337. The van der Waals surface area contributed by atoms with Crippen molar-refractivity contribution in [3.8, 4) is 0 Å². The van der Waals surface area contributed by atoms with E-state index in [1.54, 1.807) is 0 Å². The quantitative estimate of drug-likeness (QED) is 0.798. The van der Waals surface area contributed by atoms with Crippen molar-refractivity contribution in [3.63, 3.8) is 0 Å². The van der Waals surface area contributed by atoms with E-state index in [1.807, 2.05) is 11.8 Å². The Kier molecular flexibility index (Phi) is 4.14. The molecule has 0 saturated carbocycles. The zero-order valence-electron chi connectivity index (χ0n) is 9.05. The zero-order valence-corrected chi connectivity index (χ0v) is 10.7. The van der Waals surface area contributed by atoms with Gasteiger partial charge in [-0.15, -0.1) is 0 Å². The number of piperazine rings is 1. The number of hydrogen-bond acceptors (Lipinski definition) is 6. The molecule has 1 aromatic rings. The predicted molar refractivity (Wildman–Crippen MR) is 64.7 cm³/mol. The van der Waals surface area contributed by atoms with Gasteiger partial charge in [-0.2, -0.15) is 4.37 Å². The molecule has 1 fully saturated rings. The normalized spacial score (nSPS) is 18.4. The maximum Gasteiger partial charge on any atom is 0.235 e. The summed E-state index contributed by atoms with van der Waals surface area (Å²) < 4.78 is 4.78. The molecule has 2 heterocycles. The third kappa shape index (κ3) is 2.93. The average Bonchev–Trinajstić information content (AvgIpc) is 2.82. The summed E-state index contributed by atoms with van der Waals surface area (Å²) in [6, 6.07) is 0. The first-order valence-electron chi connectivity index (χ1n) is 5.20. The molecular weight excluding hydrogens is 244 g/mol. The van der Waals surface area contributed by atoms with Crippen LogP contribution in [0.2, 0.25) is 0 Å². The summed E-state index contributed by atoms with van der Waals surface area (Å²) in [5.41, 5.74) is 0. The van der Waals surface area contributed by atoms with Gasteiger partial charge >= 0.3 is 0 Å². The minimum Gasteiger partial charge on any atom is -0.339 e. The van der Waals surface area contributed by atoms with E-state index in [0.717, 1.165) is 30.5 Å². The van der Waals surface area contributed by atoms with Crippen molar-refractivity contribution < 1.29 is 4.79 Å². The van der Waals surface area contributed by atoms with E-state index in [9.17, 15) is 4.79 Å². The van der Waals surface area contributed by atoms with Crippen LogP contribution in [0.4, 0.5) is 0 Å². The number of nitrogens with zero attached hydrogens (tertiary/aromatic N) is 3. The summed E-state index contributed by atoms with van der Waals surface area (Å²) in [5, 5.41) is 3.16. The number of aromatic nitrogens is 2. The fraction of sp³-hybridized carbons (Fsp3) is 0.667. The van der Waals surface area contributed by atoms with Crippen molar-refractivity contribution in [2.24, 2.45) is 0 Å². The lowest BCUT2D eigenvalue weighted by Crippen LogP contribution is -2.48. The predicted octanol–water partition coefficient (Wildman–Crippen LogP) is 0.450. The van der Waals surface area contributed by atoms with Crippen molar-refractivity contribution in [2.45, 2.75) is 16.5 Å². The van der Waals surface area contributed by atoms with E-state index >= 15 is 0 Å². The largest absolute Gasteiger partial charge is 0.339 e. The number of rotatable bonds is 3. The standard InChI is InChI=1S/C9H14N4OS2/c1-7(15-9-11-6-12-16-9)8(14)13-4-2-10-3-5-13/h6-7,10H,2-5H2,1H3. The summed E-state index contributed by atoms with van der Waals surface area (Å²) in [6.45, 7) is 5.32. The van der Waals surface area contributed by atoms with Crippen LogP contribution in [0.3, 0.4) is 0 Å². The third-order valence-electron chi connectivity index (χ3n) is 2.40. The van der Waals surface area contributed by atoms with Crippen LogP contribution in [0.25, 0.3) is 0 Å². The van der Waals surface area contributed by atoms with Crippen LogP contribution in [0.5, 0.6) is 0 Å². The second-order valence-electron chi connectivity index (χ2n) is 3.54. The number of nitrogens with one attached hydrogen (secondary N) is 1. The molecule has 1 unspecified atom stereocenters. The van der Waals surface area contributed by atoms with Crippen LogP contribution in [-0.4, -0.2) is 51.6 Å². The molecular formula is C9H14N4OS2. The van der Waals surface area contributed by atoms with E-state index in [1.165, 1.54) is 29.6 Å². The summed E-state index contributed by atoms with van der Waals surface area (Å²) in [5.74, 6) is 0.196. The van der Waals surface area contributed by atoms with Crippen LogP contribution in [0.1, 0.15) is 6.92 Å². The van der Waals surface area contributed by atoms with Crippen molar-refractivity contribution in [1.29, 1.82) is 0 Å². The summed E-state index contributed by atoms with van der Waals surface area (Å²) in [4.78, 5) is 18.0. The molecule has 7 heteroatoms. The highest BCUT2D eigenvalue weighted by molar-refractivity contribution is 8.02. The van der Waals surface area contributed by atoms with E-state index in [2.05, 4.69) is 14.7 Å². The Hall–Kier alpha value is -0.660. The molecule has 1 aliphatic heterocycles. The maximum absolute atomic E-state index is 12.1. The van der Waals surface area contributed by atoms with Crippen LogP contribution in [0, 0.1) is 0 Å². The van der Waals surface area contributed by atoms with Gasteiger partial charge in [0.25, 0.3) is 0 Å². The number of hydrogen-bond donors (Lipinski definition) is 1. The van der Waals surface area contributed by atoms with E-state index in [0.29, 0.717) is 0 Å². The molecule has 0 aromatic carbocycles. The molecule has 1 aliphatic rings. The average molecular weight is 258 g/mol. The number of carbonyl (C=O) groups is 1. The first-order chi connectivity index (χ1) is 7.77. The van der Waals surface area contributed by atoms with Crippen molar-refractivity contribution in [2.75, 3.05) is 26.2 Å². The molecule has 1 saturated heterocycles. The monoisotopic (exact) mass is 258 g/mol. The molecule has 1 amide bonds. The Morgan fingerprint density at radius 3 is 3.00 bits per heavy atom. The fourth-order valence-electron chi connectivity index (χ4n) is 1.56. The van der Waals surface area contributed by atoms with Gasteiger partial charge in [-0.25, -0.2) is 4.98 Å². The van der Waals surface area contributed by atoms with Gasteiger partial charge in [-0.05, 0) is 18.5 Å². The molecule has 0 radical (unpaired) electrons. The summed E-state index contributed by atoms with van der Waals surface area (Å²) in [6.07, 6.45) is 1.52. The highest BCUT2D eigenvalue weighted by atomic mass is 32.2. The lowest BCUT2D eigenvalue weighted by molar-refractivity contribution is -0.130. The van der Waals surface area contributed by atoms with Crippen LogP contribution in [-0.2, 0) is 4.79 Å². The molecule has 5 nitrogen and oxygen atoms in total. The first kappa shape index (κ1) is 11.8. The molecule has 1 atom stereocenters. The van der Waals surface area contributed by atoms with Crippen molar-refractivity contribution in [1.82, 2.24) is 19.6 Å². The van der Waals surface area contributed by atoms with Gasteiger partial charge < -0.3 is 10.2 Å². The van der Waals surface area contributed by atoms with Gasteiger partial charge in [-0.3, -0.25) is 4.79 Å². The molecule has 1 N–H and O–H groups in total. The molecule has 2 rings (SSSR count). The Labute approximate surface area is 103 Å². The smallest absolute Gasteiger partial charge is 0.235 e. The minimum absolute atomic E-state index is 0.0777. The van der Waals surface area contributed by atoms with Gasteiger partial charge in [0.1, 0.15) is 6.33 Å². The van der Waals surface area contributed by atoms with Gasteiger partial charge in [0.15, 0.2) is 4.34 Å². The van der Waals surface area contributed by atoms with Gasteiger partial charge in [0, 0.05) is 26.2 Å². The van der Waals surface area contributed by atoms with Crippen LogP contribution in [0.15, 0.2) is 10.7 Å². The lowest BCUT2D eigenvalue weighted by Gasteiger charge is -2.29. The van der Waals surface area contributed by atoms with Crippen molar-refractivity contribution >= 4 is 29.2 Å². The van der Waals surface area contributed by atoms with Crippen LogP contribution < -0.4 is 5.32 Å². The van der Waals surface area contributed by atoms with E-state index < -0.39 is 0 Å². The van der Waals surface area contributed by atoms with Gasteiger partial charge in [0.2, 0.25) is 5.91 Å². The number of carbonyl (C=O) groups excluding carboxylic acids is 1. The van der Waals surface area contributed by atoms with Gasteiger partial charge in [-0.1, -0.05) is 11.8 Å². The van der Waals surface area contributed by atoms with Crippen molar-refractivity contribution in [3.05, 3.63) is 6.33 Å². The third-order valence-corrected chi connectivity index (χ3v) is 4.23. The van der Waals surface area contributed by atoms with E-state index in [4.69, 9.17) is 0 Å². The summed E-state index contributed by atoms with van der Waals surface area (Å²) in [7, 11) is 0. The highest BCUT2D eigenvalue weighted by Gasteiger charge is 2.23. The van der Waals surface area contributed by atoms with Crippen LogP contribution >= 0.6 is 23.3 Å². The highest BCUT2D eigenvalue weighted by Crippen LogP contribution is 2.24. The summed E-state index contributed by atoms with van der Waals surface area (Å²) >= 11 is 2.82. The topological polar surface area (TPSA) is 58.1 Å². The van der Waals surface area contributed by atoms with Gasteiger partial charge in [0.05, 0.1) is 5.25 Å². The Balaban J connectivity index is 1.88. The molecule has 88 valence electrons. The van der Waals surface area contributed by atoms with E-state index in [-0.39, 0.29) is 11.2 Å². The number of thioether (sulfide) groups is 1. The fourth-order valence-corrected chi connectivity index (χ4v) is 3.23. The minimum atomic E-state index is -0.0777. The number of amides is 1. The lowest BCUT2D eigenvalue weighted by atomic mass is 10.3. The first-order valence-corrected chi connectivity index (χ1v) is 6.85.